The Morgan fingerprint density at radius 3 is 2.59 bits per heavy atom. The molecule has 1 aromatic carbocycles. The average molecular weight is 298 g/mol. The third-order valence-corrected chi connectivity index (χ3v) is 3.92. The van der Waals surface area contributed by atoms with Crippen molar-refractivity contribution in [3.8, 4) is 5.75 Å². The molecule has 22 heavy (non-hydrogen) atoms. The summed E-state index contributed by atoms with van der Waals surface area (Å²) in [6.45, 7) is 2.03. The van der Waals surface area contributed by atoms with Gasteiger partial charge in [0.1, 0.15) is 5.75 Å². The van der Waals surface area contributed by atoms with E-state index in [4.69, 9.17) is 4.74 Å². The van der Waals surface area contributed by atoms with Gasteiger partial charge in [0.2, 0.25) is 5.91 Å². The van der Waals surface area contributed by atoms with Gasteiger partial charge in [0.05, 0.1) is 13.2 Å². The van der Waals surface area contributed by atoms with Crippen LogP contribution in [0, 0.1) is 0 Å². The van der Waals surface area contributed by atoms with Gasteiger partial charge in [-0.05, 0) is 42.7 Å². The number of benzene rings is 1. The molecule has 4 heteroatoms. The van der Waals surface area contributed by atoms with Crippen LogP contribution in [0.5, 0.6) is 5.75 Å². The monoisotopic (exact) mass is 298 g/mol. The molecule has 0 aliphatic rings. The second-order valence-electron chi connectivity index (χ2n) is 5.32. The molecular formula is C18H22N2O2. The molecule has 0 aliphatic heterocycles. The van der Waals surface area contributed by atoms with Gasteiger partial charge in [0.25, 0.3) is 0 Å². The van der Waals surface area contributed by atoms with Crippen LogP contribution in [0.2, 0.25) is 0 Å². The largest absolute Gasteiger partial charge is 0.497 e. The summed E-state index contributed by atoms with van der Waals surface area (Å²) < 4.78 is 5.16. The second kappa shape index (κ2) is 7.59. The highest BCUT2D eigenvalue weighted by atomic mass is 16.5. The van der Waals surface area contributed by atoms with Crippen molar-refractivity contribution in [1.29, 1.82) is 0 Å². The Morgan fingerprint density at radius 2 is 2.00 bits per heavy atom. The Morgan fingerprint density at radius 1 is 1.27 bits per heavy atom. The van der Waals surface area contributed by atoms with Gasteiger partial charge in [0.15, 0.2) is 0 Å². The molecule has 0 aliphatic carbocycles. The van der Waals surface area contributed by atoms with Gasteiger partial charge in [-0.1, -0.05) is 18.2 Å². The van der Waals surface area contributed by atoms with Crippen LogP contribution in [0.25, 0.3) is 0 Å². The van der Waals surface area contributed by atoms with Gasteiger partial charge in [-0.15, -0.1) is 0 Å². The molecule has 0 fully saturated rings. The number of ether oxygens (including phenoxy) is 1. The predicted molar refractivity (Wildman–Crippen MR) is 86.7 cm³/mol. The summed E-state index contributed by atoms with van der Waals surface area (Å²) in [4.78, 5) is 18.2. The van der Waals surface area contributed by atoms with Crippen LogP contribution in [0.1, 0.15) is 30.5 Å². The summed E-state index contributed by atoms with van der Waals surface area (Å²) in [6, 6.07) is 11.7. The Labute approximate surface area is 131 Å². The van der Waals surface area contributed by atoms with Crippen molar-refractivity contribution >= 4 is 5.91 Å². The number of hydrogen-bond donors (Lipinski definition) is 0. The lowest BCUT2D eigenvalue weighted by molar-refractivity contribution is -0.131. The first-order chi connectivity index (χ1) is 10.6. The van der Waals surface area contributed by atoms with E-state index >= 15 is 0 Å². The zero-order valence-corrected chi connectivity index (χ0v) is 13.3. The van der Waals surface area contributed by atoms with Crippen LogP contribution in [0.4, 0.5) is 0 Å². The zero-order chi connectivity index (χ0) is 15.9. The summed E-state index contributed by atoms with van der Waals surface area (Å²) in [7, 11) is 3.49. The van der Waals surface area contributed by atoms with Crippen LogP contribution in [0.3, 0.4) is 0 Å². The number of methoxy groups -OCH3 is 1. The number of rotatable bonds is 6. The van der Waals surface area contributed by atoms with Crippen LogP contribution >= 0.6 is 0 Å². The molecule has 116 valence electrons. The van der Waals surface area contributed by atoms with Crippen LogP contribution < -0.4 is 4.74 Å². The number of aromatic nitrogens is 1. The number of amides is 1. The van der Waals surface area contributed by atoms with E-state index in [0.717, 1.165) is 16.9 Å². The van der Waals surface area contributed by atoms with E-state index in [-0.39, 0.29) is 11.9 Å². The minimum absolute atomic E-state index is 0.0345. The molecule has 0 spiro atoms. The molecular weight excluding hydrogens is 276 g/mol. The first kappa shape index (κ1) is 16.0. The SMILES string of the molecule is COc1ccc(C(C)N(C)C(=O)CCc2cccnc2)cc1. The summed E-state index contributed by atoms with van der Waals surface area (Å²) >= 11 is 0. The molecule has 0 radical (unpaired) electrons. The van der Waals surface area contributed by atoms with Crippen molar-refractivity contribution in [2.45, 2.75) is 25.8 Å². The second-order valence-corrected chi connectivity index (χ2v) is 5.32. The maximum atomic E-state index is 12.3. The van der Waals surface area contributed by atoms with Crippen LogP contribution in [0.15, 0.2) is 48.8 Å². The average Bonchev–Trinajstić information content (AvgIpc) is 2.59. The number of hydrogen-bond acceptors (Lipinski definition) is 3. The van der Waals surface area contributed by atoms with Crippen molar-refractivity contribution in [2.24, 2.45) is 0 Å². The Kier molecular flexibility index (Phi) is 5.53. The van der Waals surface area contributed by atoms with Gasteiger partial charge < -0.3 is 9.64 Å². The Balaban J connectivity index is 1.93. The Bertz CT molecular complexity index is 596. The molecule has 0 saturated carbocycles. The summed E-state index contributed by atoms with van der Waals surface area (Å²) in [5, 5.41) is 0. The smallest absolute Gasteiger partial charge is 0.223 e. The number of nitrogens with zero attached hydrogens (tertiary/aromatic N) is 2. The molecule has 1 atom stereocenters. The molecule has 1 amide bonds. The molecule has 1 heterocycles. The number of carbonyl (C=O) groups is 1. The maximum Gasteiger partial charge on any atom is 0.223 e. The van der Waals surface area contributed by atoms with E-state index in [9.17, 15) is 4.79 Å². The van der Waals surface area contributed by atoms with Crippen molar-refractivity contribution in [1.82, 2.24) is 9.88 Å². The highest BCUT2D eigenvalue weighted by molar-refractivity contribution is 5.76. The number of carbonyl (C=O) groups excluding carboxylic acids is 1. The summed E-state index contributed by atoms with van der Waals surface area (Å²) in [5.74, 6) is 0.952. The molecule has 1 aromatic heterocycles. The van der Waals surface area contributed by atoms with Crippen molar-refractivity contribution in [3.05, 3.63) is 59.9 Å². The minimum Gasteiger partial charge on any atom is -0.497 e. The van der Waals surface area contributed by atoms with E-state index in [1.807, 2.05) is 50.4 Å². The third-order valence-electron chi connectivity index (χ3n) is 3.92. The van der Waals surface area contributed by atoms with Gasteiger partial charge in [-0.3, -0.25) is 9.78 Å². The standard InChI is InChI=1S/C18H22N2O2/c1-14(16-7-9-17(22-3)10-8-16)20(2)18(21)11-6-15-5-4-12-19-13-15/h4-5,7-10,12-14H,6,11H2,1-3H3. The summed E-state index contributed by atoms with van der Waals surface area (Å²) in [5.41, 5.74) is 2.18. The molecule has 1 unspecified atom stereocenters. The Hall–Kier alpha value is -2.36. The van der Waals surface area contributed by atoms with Gasteiger partial charge in [-0.2, -0.15) is 0 Å². The third kappa shape index (κ3) is 4.07. The molecule has 0 bridgehead atoms. The van der Waals surface area contributed by atoms with Gasteiger partial charge in [-0.25, -0.2) is 0 Å². The van der Waals surface area contributed by atoms with E-state index in [1.54, 1.807) is 24.4 Å². The first-order valence-electron chi connectivity index (χ1n) is 7.40. The van der Waals surface area contributed by atoms with Crippen molar-refractivity contribution in [2.75, 3.05) is 14.2 Å². The normalized spacial score (nSPS) is 11.8. The van der Waals surface area contributed by atoms with E-state index in [1.165, 1.54) is 0 Å². The van der Waals surface area contributed by atoms with Crippen molar-refractivity contribution in [3.63, 3.8) is 0 Å². The highest BCUT2D eigenvalue weighted by Crippen LogP contribution is 2.22. The van der Waals surface area contributed by atoms with Gasteiger partial charge >= 0.3 is 0 Å². The molecule has 4 nitrogen and oxygen atoms in total. The fraction of sp³-hybridized carbons (Fsp3) is 0.333. The van der Waals surface area contributed by atoms with Crippen LogP contribution in [-0.2, 0) is 11.2 Å². The topological polar surface area (TPSA) is 42.4 Å². The van der Waals surface area contributed by atoms with E-state index < -0.39 is 0 Å². The van der Waals surface area contributed by atoms with Crippen molar-refractivity contribution < 1.29 is 9.53 Å². The van der Waals surface area contributed by atoms with E-state index in [2.05, 4.69) is 4.98 Å². The van der Waals surface area contributed by atoms with Crippen LogP contribution in [-0.4, -0.2) is 29.9 Å². The van der Waals surface area contributed by atoms with Gasteiger partial charge in [0, 0.05) is 25.9 Å². The lowest BCUT2D eigenvalue weighted by Gasteiger charge is -2.25. The fourth-order valence-electron chi connectivity index (χ4n) is 2.30. The maximum absolute atomic E-state index is 12.3. The zero-order valence-electron chi connectivity index (χ0n) is 13.3. The minimum atomic E-state index is 0.0345. The first-order valence-corrected chi connectivity index (χ1v) is 7.40. The number of pyridine rings is 1. The predicted octanol–water partition coefficient (Wildman–Crippen LogP) is 3.24. The lowest BCUT2D eigenvalue weighted by Crippen LogP contribution is -2.29. The molecule has 2 aromatic rings. The lowest BCUT2D eigenvalue weighted by atomic mass is 10.1. The van der Waals surface area contributed by atoms with E-state index in [0.29, 0.717) is 12.8 Å². The fourth-order valence-corrected chi connectivity index (χ4v) is 2.30. The highest BCUT2D eigenvalue weighted by Gasteiger charge is 2.17. The quantitative estimate of drug-likeness (QED) is 0.822. The summed E-state index contributed by atoms with van der Waals surface area (Å²) in [6.07, 6.45) is 4.75. The molecule has 0 saturated heterocycles. The number of aryl methyl sites for hydroxylation is 1. The molecule has 0 N–H and O–H groups in total. The molecule has 2 rings (SSSR count).